The van der Waals surface area contributed by atoms with Gasteiger partial charge in [0.05, 0.1) is 6.54 Å². The van der Waals surface area contributed by atoms with Crippen LogP contribution in [0.1, 0.15) is 11.1 Å². The van der Waals surface area contributed by atoms with E-state index in [1.807, 2.05) is 73.8 Å². The van der Waals surface area contributed by atoms with E-state index in [0.717, 1.165) is 18.8 Å². The number of nitrogens with zero attached hydrogens (tertiary/aromatic N) is 2. The van der Waals surface area contributed by atoms with Crippen LogP contribution in [-0.4, -0.2) is 24.4 Å². The number of likely N-dealkylation sites (N-methyl/N-ethyl adjacent to an activating group) is 1. The van der Waals surface area contributed by atoms with E-state index in [-0.39, 0.29) is 5.91 Å². The number of hydrogen-bond donors (Lipinski definition) is 0. The van der Waals surface area contributed by atoms with E-state index in [9.17, 15) is 4.79 Å². The van der Waals surface area contributed by atoms with Crippen LogP contribution in [0, 0.1) is 0 Å². The Hall–Kier alpha value is -2.91. The second-order valence-electron chi connectivity index (χ2n) is 6.40. The third-order valence-corrected chi connectivity index (χ3v) is 4.37. The van der Waals surface area contributed by atoms with Gasteiger partial charge in [-0.25, -0.2) is 0 Å². The highest BCUT2D eigenvalue weighted by Gasteiger charge is 2.16. The molecular formula is C23H24N2O. The smallest absolute Gasteiger partial charge is 0.240 e. The number of benzene rings is 3. The molecule has 0 saturated heterocycles. The van der Waals surface area contributed by atoms with Crippen molar-refractivity contribution in [2.24, 2.45) is 0 Å². The molecule has 0 aliphatic heterocycles. The number of anilines is 1. The summed E-state index contributed by atoms with van der Waals surface area (Å²) in [5.74, 6) is 0.0862. The summed E-state index contributed by atoms with van der Waals surface area (Å²) in [6.07, 6.45) is 0. The highest BCUT2D eigenvalue weighted by molar-refractivity contribution is 5.94. The molecule has 0 spiro atoms. The molecule has 132 valence electrons. The number of carbonyl (C=O) groups excluding carboxylic acids is 1. The van der Waals surface area contributed by atoms with Crippen LogP contribution in [0.4, 0.5) is 5.69 Å². The average molecular weight is 344 g/mol. The average Bonchev–Trinajstić information content (AvgIpc) is 2.69. The van der Waals surface area contributed by atoms with Crippen molar-refractivity contribution in [1.29, 1.82) is 0 Å². The fraction of sp³-hybridized carbons (Fsp3) is 0.174. The first-order chi connectivity index (χ1) is 12.7. The van der Waals surface area contributed by atoms with Gasteiger partial charge >= 0.3 is 0 Å². The minimum Gasteiger partial charge on any atom is -0.314 e. The first kappa shape index (κ1) is 17.9. The Morgan fingerprint density at radius 2 is 1.12 bits per heavy atom. The van der Waals surface area contributed by atoms with Crippen molar-refractivity contribution in [2.75, 3.05) is 18.5 Å². The van der Waals surface area contributed by atoms with E-state index in [1.54, 1.807) is 4.90 Å². The molecule has 0 atom stereocenters. The molecule has 0 N–H and O–H groups in total. The Bertz CT molecular complexity index is 762. The zero-order chi connectivity index (χ0) is 18.2. The summed E-state index contributed by atoms with van der Waals surface area (Å²) in [6.45, 7) is 1.85. The first-order valence-electron chi connectivity index (χ1n) is 8.84. The minimum atomic E-state index is 0.0862. The molecule has 0 aliphatic rings. The third kappa shape index (κ3) is 5.04. The van der Waals surface area contributed by atoms with Crippen molar-refractivity contribution >= 4 is 11.6 Å². The highest BCUT2D eigenvalue weighted by Crippen LogP contribution is 2.14. The maximum Gasteiger partial charge on any atom is 0.240 e. The lowest BCUT2D eigenvalue weighted by Crippen LogP contribution is -2.38. The second-order valence-corrected chi connectivity index (χ2v) is 6.40. The zero-order valence-electron chi connectivity index (χ0n) is 15.1. The van der Waals surface area contributed by atoms with Crippen LogP contribution in [0.2, 0.25) is 0 Å². The van der Waals surface area contributed by atoms with Gasteiger partial charge in [0.2, 0.25) is 5.91 Å². The number of carbonyl (C=O) groups is 1. The summed E-state index contributed by atoms with van der Waals surface area (Å²) in [5, 5.41) is 0. The summed E-state index contributed by atoms with van der Waals surface area (Å²) in [6, 6.07) is 30.3. The SMILES string of the molecule is CN(C(=O)CN(Cc1ccccc1)Cc1ccccc1)c1ccccc1. The topological polar surface area (TPSA) is 23.6 Å². The number of rotatable bonds is 7. The van der Waals surface area contributed by atoms with Gasteiger partial charge in [-0.3, -0.25) is 9.69 Å². The van der Waals surface area contributed by atoms with Crippen molar-refractivity contribution in [2.45, 2.75) is 13.1 Å². The van der Waals surface area contributed by atoms with Crippen LogP contribution in [0.3, 0.4) is 0 Å². The Morgan fingerprint density at radius 3 is 1.58 bits per heavy atom. The molecule has 1 amide bonds. The fourth-order valence-electron chi connectivity index (χ4n) is 2.94. The molecule has 0 saturated carbocycles. The largest absolute Gasteiger partial charge is 0.314 e. The molecule has 3 heteroatoms. The summed E-state index contributed by atoms with van der Waals surface area (Å²) >= 11 is 0. The predicted octanol–water partition coefficient (Wildman–Crippen LogP) is 4.35. The zero-order valence-corrected chi connectivity index (χ0v) is 15.1. The third-order valence-electron chi connectivity index (χ3n) is 4.37. The number of amides is 1. The maximum atomic E-state index is 12.8. The minimum absolute atomic E-state index is 0.0862. The molecule has 0 bridgehead atoms. The van der Waals surface area contributed by atoms with E-state index in [2.05, 4.69) is 29.2 Å². The summed E-state index contributed by atoms with van der Waals surface area (Å²) in [5.41, 5.74) is 3.33. The summed E-state index contributed by atoms with van der Waals surface area (Å²) < 4.78 is 0. The highest BCUT2D eigenvalue weighted by atomic mass is 16.2. The van der Waals surface area contributed by atoms with Crippen LogP contribution in [0.15, 0.2) is 91.0 Å². The van der Waals surface area contributed by atoms with Gasteiger partial charge in [-0.15, -0.1) is 0 Å². The van der Waals surface area contributed by atoms with Gasteiger partial charge in [0, 0.05) is 25.8 Å². The Morgan fingerprint density at radius 1 is 0.692 bits per heavy atom. The van der Waals surface area contributed by atoms with Gasteiger partial charge in [0.25, 0.3) is 0 Å². The van der Waals surface area contributed by atoms with Crippen LogP contribution < -0.4 is 4.90 Å². The molecule has 3 nitrogen and oxygen atoms in total. The molecule has 0 heterocycles. The molecule has 0 unspecified atom stereocenters. The molecule has 26 heavy (non-hydrogen) atoms. The Labute approximate surface area is 155 Å². The maximum absolute atomic E-state index is 12.8. The van der Waals surface area contributed by atoms with Crippen molar-refractivity contribution in [1.82, 2.24) is 4.90 Å². The van der Waals surface area contributed by atoms with Crippen LogP contribution in [-0.2, 0) is 17.9 Å². The molecule has 0 aliphatic carbocycles. The van der Waals surface area contributed by atoms with E-state index in [1.165, 1.54) is 11.1 Å². The van der Waals surface area contributed by atoms with Gasteiger partial charge < -0.3 is 4.90 Å². The lowest BCUT2D eigenvalue weighted by atomic mass is 10.1. The molecule has 0 radical (unpaired) electrons. The van der Waals surface area contributed by atoms with E-state index < -0.39 is 0 Å². The normalized spacial score (nSPS) is 10.7. The lowest BCUT2D eigenvalue weighted by Gasteiger charge is -2.25. The van der Waals surface area contributed by atoms with Gasteiger partial charge in [-0.1, -0.05) is 78.9 Å². The lowest BCUT2D eigenvalue weighted by molar-refractivity contribution is -0.119. The molecule has 0 fully saturated rings. The van der Waals surface area contributed by atoms with E-state index in [0.29, 0.717) is 6.54 Å². The monoisotopic (exact) mass is 344 g/mol. The second kappa shape index (κ2) is 8.97. The number of para-hydroxylation sites is 1. The van der Waals surface area contributed by atoms with Crippen molar-refractivity contribution in [3.63, 3.8) is 0 Å². The fourth-order valence-corrected chi connectivity index (χ4v) is 2.94. The van der Waals surface area contributed by atoms with Gasteiger partial charge in [0.1, 0.15) is 0 Å². The van der Waals surface area contributed by atoms with Crippen molar-refractivity contribution in [3.05, 3.63) is 102 Å². The van der Waals surface area contributed by atoms with Crippen molar-refractivity contribution in [3.8, 4) is 0 Å². The predicted molar refractivity (Wildman–Crippen MR) is 107 cm³/mol. The van der Waals surface area contributed by atoms with Gasteiger partial charge in [-0.05, 0) is 23.3 Å². The van der Waals surface area contributed by atoms with Crippen LogP contribution in [0.25, 0.3) is 0 Å². The molecular weight excluding hydrogens is 320 g/mol. The molecule has 3 aromatic rings. The Balaban J connectivity index is 1.73. The standard InChI is InChI=1S/C23H24N2O/c1-24(22-15-9-4-10-16-22)23(26)19-25(17-20-11-5-2-6-12-20)18-21-13-7-3-8-14-21/h2-16H,17-19H2,1H3. The first-order valence-corrected chi connectivity index (χ1v) is 8.84. The molecule has 3 rings (SSSR count). The Kier molecular flexibility index (Phi) is 6.18. The summed E-state index contributed by atoms with van der Waals surface area (Å²) in [4.78, 5) is 16.7. The molecule has 0 aromatic heterocycles. The van der Waals surface area contributed by atoms with Gasteiger partial charge in [0.15, 0.2) is 0 Å². The quantitative estimate of drug-likeness (QED) is 0.636. The van der Waals surface area contributed by atoms with E-state index >= 15 is 0 Å². The number of hydrogen-bond acceptors (Lipinski definition) is 2. The summed E-state index contributed by atoms with van der Waals surface area (Å²) in [7, 11) is 1.83. The van der Waals surface area contributed by atoms with Crippen LogP contribution in [0.5, 0.6) is 0 Å². The molecule has 3 aromatic carbocycles. The van der Waals surface area contributed by atoms with Crippen molar-refractivity contribution < 1.29 is 4.79 Å². The van der Waals surface area contributed by atoms with Gasteiger partial charge in [-0.2, -0.15) is 0 Å². The van der Waals surface area contributed by atoms with E-state index in [4.69, 9.17) is 0 Å². The van der Waals surface area contributed by atoms with Crippen LogP contribution >= 0.6 is 0 Å².